The zero-order valence-corrected chi connectivity index (χ0v) is 12.0. The maximum atomic E-state index is 6.29. The smallest absolute Gasteiger partial charge is 0.131 e. The highest BCUT2D eigenvalue weighted by molar-refractivity contribution is 6.30. The van der Waals surface area contributed by atoms with Gasteiger partial charge in [0.25, 0.3) is 0 Å². The van der Waals surface area contributed by atoms with Gasteiger partial charge in [0.1, 0.15) is 5.15 Å². The summed E-state index contributed by atoms with van der Waals surface area (Å²) < 4.78 is 1.77. The molecule has 0 aliphatic carbocycles. The van der Waals surface area contributed by atoms with Crippen molar-refractivity contribution >= 4 is 11.6 Å². The van der Waals surface area contributed by atoms with Crippen LogP contribution in [0.2, 0.25) is 5.15 Å². The molecule has 2 rings (SSSR count). The van der Waals surface area contributed by atoms with Crippen molar-refractivity contribution in [3.8, 4) is 0 Å². The molecule has 3 nitrogen and oxygen atoms in total. The standard InChI is InChI=1S/C13H22ClN3/c1-9(2)12-6-5-7-17(12)8-11-10(3)15-16(4)13(11)14/h9,12H,5-8H2,1-4H3. The molecule has 4 heteroatoms. The molecule has 1 saturated heterocycles. The van der Waals surface area contributed by atoms with Gasteiger partial charge in [0, 0.05) is 25.2 Å². The van der Waals surface area contributed by atoms with Gasteiger partial charge in [0.15, 0.2) is 0 Å². The number of hydrogen-bond donors (Lipinski definition) is 0. The largest absolute Gasteiger partial charge is 0.296 e. The first-order chi connectivity index (χ1) is 8.00. The molecule has 1 aliphatic rings. The van der Waals surface area contributed by atoms with E-state index in [1.165, 1.54) is 24.9 Å². The molecule has 1 aromatic rings. The van der Waals surface area contributed by atoms with E-state index in [1.807, 2.05) is 14.0 Å². The van der Waals surface area contributed by atoms with Crippen LogP contribution in [0.15, 0.2) is 0 Å². The van der Waals surface area contributed by atoms with Crippen molar-refractivity contribution in [1.29, 1.82) is 0 Å². The van der Waals surface area contributed by atoms with E-state index in [1.54, 1.807) is 4.68 Å². The molecular weight excluding hydrogens is 234 g/mol. The lowest BCUT2D eigenvalue weighted by Gasteiger charge is -2.27. The zero-order chi connectivity index (χ0) is 12.6. The first-order valence-corrected chi connectivity index (χ1v) is 6.80. The molecule has 2 heterocycles. The van der Waals surface area contributed by atoms with Crippen LogP contribution in [0.4, 0.5) is 0 Å². The summed E-state index contributed by atoms with van der Waals surface area (Å²) in [5.41, 5.74) is 2.26. The minimum Gasteiger partial charge on any atom is -0.296 e. The van der Waals surface area contributed by atoms with Crippen LogP contribution in [0.5, 0.6) is 0 Å². The molecule has 1 unspecified atom stereocenters. The van der Waals surface area contributed by atoms with Crippen LogP contribution < -0.4 is 0 Å². The average molecular weight is 256 g/mol. The molecule has 1 aliphatic heterocycles. The molecule has 96 valence electrons. The van der Waals surface area contributed by atoms with Crippen molar-refractivity contribution in [3.05, 3.63) is 16.4 Å². The van der Waals surface area contributed by atoms with E-state index >= 15 is 0 Å². The molecule has 17 heavy (non-hydrogen) atoms. The van der Waals surface area contributed by atoms with Gasteiger partial charge in [-0.2, -0.15) is 5.10 Å². The van der Waals surface area contributed by atoms with Crippen LogP contribution in [0.1, 0.15) is 37.9 Å². The van der Waals surface area contributed by atoms with Gasteiger partial charge in [0.05, 0.1) is 5.69 Å². The Kier molecular flexibility index (Phi) is 3.79. The highest BCUT2D eigenvalue weighted by Crippen LogP contribution is 2.28. The summed E-state index contributed by atoms with van der Waals surface area (Å²) in [4.78, 5) is 2.56. The van der Waals surface area contributed by atoms with E-state index in [4.69, 9.17) is 11.6 Å². The van der Waals surface area contributed by atoms with Crippen LogP contribution >= 0.6 is 11.6 Å². The fourth-order valence-electron chi connectivity index (χ4n) is 2.86. The molecular formula is C13H22ClN3. The molecule has 0 amide bonds. The maximum absolute atomic E-state index is 6.29. The van der Waals surface area contributed by atoms with Gasteiger partial charge < -0.3 is 0 Å². The SMILES string of the molecule is Cc1nn(C)c(Cl)c1CN1CCCC1C(C)C. The Labute approximate surface area is 109 Å². The number of nitrogens with zero attached hydrogens (tertiary/aromatic N) is 3. The number of halogens is 1. The van der Waals surface area contributed by atoms with Crippen molar-refractivity contribution < 1.29 is 0 Å². The average Bonchev–Trinajstić information content (AvgIpc) is 2.80. The van der Waals surface area contributed by atoms with Crippen LogP contribution in [-0.4, -0.2) is 27.3 Å². The summed E-state index contributed by atoms with van der Waals surface area (Å²) in [6.45, 7) is 8.79. The monoisotopic (exact) mass is 255 g/mol. The lowest BCUT2D eigenvalue weighted by atomic mass is 10.0. The topological polar surface area (TPSA) is 21.1 Å². The van der Waals surface area contributed by atoms with Crippen molar-refractivity contribution in [2.24, 2.45) is 13.0 Å². The third kappa shape index (κ3) is 2.50. The predicted octanol–water partition coefficient (Wildman–Crippen LogP) is 3.00. The highest BCUT2D eigenvalue weighted by Gasteiger charge is 2.28. The molecule has 1 aromatic heterocycles. The van der Waals surface area contributed by atoms with E-state index in [2.05, 4.69) is 23.8 Å². The Morgan fingerprint density at radius 3 is 2.71 bits per heavy atom. The second kappa shape index (κ2) is 4.99. The highest BCUT2D eigenvalue weighted by atomic mass is 35.5. The molecule has 1 fully saturated rings. The lowest BCUT2D eigenvalue weighted by Crippen LogP contribution is -2.33. The van der Waals surface area contributed by atoms with E-state index in [0.29, 0.717) is 12.0 Å². The third-order valence-corrected chi connectivity index (χ3v) is 4.29. The van der Waals surface area contributed by atoms with Crippen LogP contribution in [0.25, 0.3) is 0 Å². The van der Waals surface area contributed by atoms with Crippen LogP contribution in [0, 0.1) is 12.8 Å². The first kappa shape index (κ1) is 12.9. The summed E-state index contributed by atoms with van der Waals surface area (Å²) in [5.74, 6) is 0.716. The van der Waals surface area contributed by atoms with Crippen LogP contribution in [0.3, 0.4) is 0 Å². The number of hydrogen-bond acceptors (Lipinski definition) is 2. The van der Waals surface area contributed by atoms with Crippen molar-refractivity contribution in [1.82, 2.24) is 14.7 Å². The zero-order valence-electron chi connectivity index (χ0n) is 11.2. The lowest BCUT2D eigenvalue weighted by molar-refractivity contribution is 0.198. The van der Waals surface area contributed by atoms with Gasteiger partial charge >= 0.3 is 0 Å². The van der Waals surface area contributed by atoms with Crippen molar-refractivity contribution in [2.45, 2.75) is 46.2 Å². The van der Waals surface area contributed by atoms with E-state index in [9.17, 15) is 0 Å². The second-order valence-electron chi connectivity index (χ2n) is 5.40. The quantitative estimate of drug-likeness (QED) is 0.828. The Bertz CT molecular complexity index is 398. The second-order valence-corrected chi connectivity index (χ2v) is 5.76. The van der Waals surface area contributed by atoms with Gasteiger partial charge in [-0.25, -0.2) is 0 Å². The Morgan fingerprint density at radius 2 is 2.18 bits per heavy atom. The van der Waals surface area contributed by atoms with Gasteiger partial charge in [0.2, 0.25) is 0 Å². The number of aromatic nitrogens is 2. The van der Waals surface area contributed by atoms with Crippen molar-refractivity contribution in [2.75, 3.05) is 6.54 Å². The third-order valence-electron chi connectivity index (χ3n) is 3.81. The van der Waals surface area contributed by atoms with Crippen LogP contribution in [-0.2, 0) is 13.6 Å². The molecule has 0 bridgehead atoms. The Morgan fingerprint density at radius 1 is 1.47 bits per heavy atom. The van der Waals surface area contributed by atoms with E-state index in [-0.39, 0.29) is 0 Å². The summed E-state index contributed by atoms with van der Waals surface area (Å²) in [5, 5.41) is 5.17. The number of likely N-dealkylation sites (tertiary alicyclic amines) is 1. The number of rotatable bonds is 3. The first-order valence-electron chi connectivity index (χ1n) is 6.42. The normalized spacial score (nSPS) is 21.6. The molecule has 0 radical (unpaired) electrons. The van der Waals surface area contributed by atoms with Gasteiger partial charge in [-0.3, -0.25) is 9.58 Å². The fraction of sp³-hybridized carbons (Fsp3) is 0.769. The van der Waals surface area contributed by atoms with Gasteiger partial charge in [-0.05, 0) is 32.2 Å². The Hall–Kier alpha value is -0.540. The molecule has 1 atom stereocenters. The van der Waals surface area contributed by atoms with Crippen molar-refractivity contribution in [3.63, 3.8) is 0 Å². The molecule has 0 N–H and O–H groups in total. The maximum Gasteiger partial charge on any atom is 0.131 e. The summed E-state index contributed by atoms with van der Waals surface area (Å²) >= 11 is 6.29. The predicted molar refractivity (Wildman–Crippen MR) is 71.2 cm³/mol. The molecule has 0 spiro atoms. The molecule has 0 saturated carbocycles. The number of aryl methyl sites for hydroxylation is 2. The molecule has 0 aromatic carbocycles. The minimum atomic E-state index is 0.700. The fourth-order valence-corrected chi connectivity index (χ4v) is 3.09. The Balaban J connectivity index is 2.15. The summed E-state index contributed by atoms with van der Waals surface area (Å²) in [6, 6.07) is 0.700. The van der Waals surface area contributed by atoms with Gasteiger partial charge in [-0.1, -0.05) is 25.4 Å². The van der Waals surface area contributed by atoms with Gasteiger partial charge in [-0.15, -0.1) is 0 Å². The summed E-state index contributed by atoms with van der Waals surface area (Å²) in [7, 11) is 1.91. The van der Waals surface area contributed by atoms with E-state index in [0.717, 1.165) is 17.4 Å². The van der Waals surface area contributed by atoms with E-state index < -0.39 is 0 Å². The summed E-state index contributed by atoms with van der Waals surface area (Å²) in [6.07, 6.45) is 2.62. The minimum absolute atomic E-state index is 0.700.